The fourth-order valence-corrected chi connectivity index (χ4v) is 1.44. The van der Waals surface area contributed by atoms with E-state index in [1.807, 2.05) is 13.0 Å². The molecule has 1 aromatic rings. The van der Waals surface area contributed by atoms with Crippen LogP contribution in [0.4, 0.5) is 0 Å². The van der Waals surface area contributed by atoms with Gasteiger partial charge >= 0.3 is 0 Å². The number of nitrogens with two attached hydrogens (primary N) is 1. The first-order valence-electron chi connectivity index (χ1n) is 5.82. The minimum absolute atomic E-state index is 0.0482. The maximum atomic E-state index is 11.9. The molecule has 2 N–H and O–H groups in total. The molecule has 0 unspecified atom stereocenters. The van der Waals surface area contributed by atoms with Crippen molar-refractivity contribution in [3.8, 4) is 5.75 Å². The van der Waals surface area contributed by atoms with Gasteiger partial charge in [0.2, 0.25) is 0 Å². The second-order valence-electron chi connectivity index (χ2n) is 3.72. The summed E-state index contributed by atoms with van der Waals surface area (Å²) in [4.78, 5) is 11.9. The highest BCUT2D eigenvalue weighted by Gasteiger charge is 2.03. The fourth-order valence-electron chi connectivity index (χ4n) is 1.44. The van der Waals surface area contributed by atoms with Crippen LogP contribution in [0.3, 0.4) is 0 Å². The molecular weight excluding hydrogens is 204 g/mol. The van der Waals surface area contributed by atoms with Gasteiger partial charge in [0.1, 0.15) is 0 Å². The smallest absolute Gasteiger partial charge is 0.292 e. The molecule has 0 fully saturated rings. The Morgan fingerprint density at radius 2 is 2.25 bits per heavy atom. The summed E-state index contributed by atoms with van der Waals surface area (Å²) in [7, 11) is 0. The Labute approximate surface area is 96.0 Å². The summed E-state index contributed by atoms with van der Waals surface area (Å²) < 4.78 is 7.06. The quantitative estimate of drug-likeness (QED) is 0.712. The van der Waals surface area contributed by atoms with Gasteiger partial charge in [-0.15, -0.1) is 0 Å². The lowest BCUT2D eigenvalue weighted by Crippen LogP contribution is -2.21. The summed E-state index contributed by atoms with van der Waals surface area (Å²) in [6.07, 6.45) is 4.55. The molecule has 0 bridgehead atoms. The summed E-state index contributed by atoms with van der Waals surface area (Å²) in [6, 6.07) is 3.56. The second-order valence-corrected chi connectivity index (χ2v) is 3.72. The van der Waals surface area contributed by atoms with E-state index < -0.39 is 0 Å². The van der Waals surface area contributed by atoms with Crippen molar-refractivity contribution in [2.45, 2.75) is 32.7 Å². The number of pyridine rings is 1. The van der Waals surface area contributed by atoms with Gasteiger partial charge in [-0.1, -0.05) is 6.92 Å². The molecule has 1 heterocycles. The molecule has 0 radical (unpaired) electrons. The van der Waals surface area contributed by atoms with E-state index >= 15 is 0 Å². The van der Waals surface area contributed by atoms with Crippen molar-refractivity contribution in [3.63, 3.8) is 0 Å². The van der Waals surface area contributed by atoms with Gasteiger partial charge in [-0.25, -0.2) is 0 Å². The predicted molar refractivity (Wildman–Crippen MR) is 64.8 cm³/mol. The van der Waals surface area contributed by atoms with E-state index in [1.54, 1.807) is 16.8 Å². The Balaban J connectivity index is 2.66. The van der Waals surface area contributed by atoms with Crippen molar-refractivity contribution in [2.24, 2.45) is 5.73 Å². The normalized spacial score (nSPS) is 10.4. The number of aromatic nitrogens is 1. The van der Waals surface area contributed by atoms with Crippen LogP contribution in [0.1, 0.15) is 26.2 Å². The molecule has 0 saturated heterocycles. The van der Waals surface area contributed by atoms with Gasteiger partial charge in [0, 0.05) is 12.7 Å². The third kappa shape index (κ3) is 3.70. The molecule has 90 valence electrons. The molecular formula is C12H20N2O2. The number of hydrogen-bond donors (Lipinski definition) is 1. The van der Waals surface area contributed by atoms with Crippen LogP contribution in [-0.4, -0.2) is 17.7 Å². The summed E-state index contributed by atoms with van der Waals surface area (Å²) in [5, 5.41) is 0. The topological polar surface area (TPSA) is 57.2 Å². The maximum Gasteiger partial charge on any atom is 0.292 e. The van der Waals surface area contributed by atoms with E-state index in [1.165, 1.54) is 0 Å². The van der Waals surface area contributed by atoms with E-state index in [9.17, 15) is 4.79 Å². The monoisotopic (exact) mass is 224 g/mol. The van der Waals surface area contributed by atoms with Crippen LogP contribution in [-0.2, 0) is 6.54 Å². The molecule has 0 saturated carbocycles. The molecule has 0 aliphatic rings. The number of unbranched alkanes of at least 4 members (excludes halogenated alkanes) is 1. The van der Waals surface area contributed by atoms with Crippen molar-refractivity contribution < 1.29 is 4.74 Å². The van der Waals surface area contributed by atoms with E-state index in [0.29, 0.717) is 25.4 Å². The van der Waals surface area contributed by atoms with Crippen LogP contribution < -0.4 is 16.0 Å². The average Bonchev–Trinajstić information content (AvgIpc) is 2.30. The average molecular weight is 224 g/mol. The lowest BCUT2D eigenvalue weighted by atomic mass is 10.3. The van der Waals surface area contributed by atoms with Crippen LogP contribution in [0, 0.1) is 0 Å². The van der Waals surface area contributed by atoms with Crippen LogP contribution in [0.25, 0.3) is 0 Å². The first kappa shape index (κ1) is 12.8. The fraction of sp³-hybridized carbons (Fsp3) is 0.583. The number of aryl methyl sites for hydroxylation is 1. The Morgan fingerprint density at radius 3 is 2.94 bits per heavy atom. The van der Waals surface area contributed by atoms with Crippen molar-refractivity contribution in [3.05, 3.63) is 28.7 Å². The molecule has 0 amide bonds. The summed E-state index contributed by atoms with van der Waals surface area (Å²) >= 11 is 0. The Morgan fingerprint density at radius 1 is 1.44 bits per heavy atom. The van der Waals surface area contributed by atoms with E-state index in [0.717, 1.165) is 19.3 Å². The molecule has 4 nitrogen and oxygen atoms in total. The zero-order chi connectivity index (χ0) is 11.8. The second kappa shape index (κ2) is 7.06. The van der Waals surface area contributed by atoms with Crippen LogP contribution in [0.5, 0.6) is 5.75 Å². The van der Waals surface area contributed by atoms with E-state index in [4.69, 9.17) is 10.5 Å². The minimum atomic E-state index is -0.0482. The van der Waals surface area contributed by atoms with Gasteiger partial charge in [-0.3, -0.25) is 4.79 Å². The minimum Gasteiger partial charge on any atom is -0.488 e. The maximum absolute atomic E-state index is 11.9. The largest absolute Gasteiger partial charge is 0.488 e. The van der Waals surface area contributed by atoms with Gasteiger partial charge < -0.3 is 15.0 Å². The lowest BCUT2D eigenvalue weighted by Gasteiger charge is -2.08. The molecule has 0 aliphatic heterocycles. The number of nitrogens with zero attached hydrogens (tertiary/aromatic N) is 1. The Hall–Kier alpha value is -1.29. The van der Waals surface area contributed by atoms with Gasteiger partial charge in [0.15, 0.2) is 5.75 Å². The van der Waals surface area contributed by atoms with Gasteiger partial charge in [-0.05, 0) is 37.9 Å². The highest BCUT2D eigenvalue weighted by atomic mass is 16.5. The van der Waals surface area contributed by atoms with E-state index in [2.05, 4.69) is 0 Å². The van der Waals surface area contributed by atoms with E-state index in [-0.39, 0.29) is 5.56 Å². The molecule has 0 aliphatic carbocycles. The predicted octanol–water partition coefficient (Wildman–Crippen LogP) is 1.38. The first-order chi connectivity index (χ1) is 7.79. The Kier molecular flexibility index (Phi) is 5.64. The van der Waals surface area contributed by atoms with Crippen LogP contribution in [0.2, 0.25) is 0 Å². The lowest BCUT2D eigenvalue weighted by molar-refractivity contribution is 0.310. The summed E-state index contributed by atoms with van der Waals surface area (Å²) in [6.45, 7) is 3.98. The standard InChI is InChI=1S/C12H20N2O2/c1-2-10-16-11-6-5-9-14(12(11)15)8-4-3-7-13/h5-6,9H,2-4,7-8,10,13H2,1H3. The molecule has 4 heteroatoms. The zero-order valence-electron chi connectivity index (χ0n) is 9.82. The summed E-state index contributed by atoms with van der Waals surface area (Å²) in [5.41, 5.74) is 5.37. The van der Waals surface area contributed by atoms with Crippen molar-refractivity contribution in [1.29, 1.82) is 0 Å². The number of ether oxygens (including phenoxy) is 1. The highest BCUT2D eigenvalue weighted by molar-refractivity contribution is 5.17. The van der Waals surface area contributed by atoms with Gasteiger partial charge in [0.05, 0.1) is 6.61 Å². The first-order valence-corrected chi connectivity index (χ1v) is 5.82. The molecule has 16 heavy (non-hydrogen) atoms. The highest BCUT2D eigenvalue weighted by Crippen LogP contribution is 2.03. The summed E-state index contributed by atoms with van der Waals surface area (Å²) in [5.74, 6) is 0.442. The van der Waals surface area contributed by atoms with Crippen molar-refractivity contribution in [1.82, 2.24) is 4.57 Å². The molecule has 1 aromatic heterocycles. The van der Waals surface area contributed by atoms with Crippen molar-refractivity contribution >= 4 is 0 Å². The number of rotatable bonds is 7. The SMILES string of the molecule is CCCOc1cccn(CCCCN)c1=O. The van der Waals surface area contributed by atoms with Gasteiger partial charge in [0.25, 0.3) is 5.56 Å². The molecule has 1 rings (SSSR count). The van der Waals surface area contributed by atoms with Crippen molar-refractivity contribution in [2.75, 3.05) is 13.2 Å². The zero-order valence-corrected chi connectivity index (χ0v) is 9.82. The number of hydrogen-bond acceptors (Lipinski definition) is 3. The molecule has 0 atom stereocenters. The van der Waals surface area contributed by atoms with Gasteiger partial charge in [-0.2, -0.15) is 0 Å². The molecule has 0 aromatic carbocycles. The Bertz CT molecular complexity index is 360. The third-order valence-corrected chi connectivity index (χ3v) is 2.30. The third-order valence-electron chi connectivity index (χ3n) is 2.30. The van der Waals surface area contributed by atoms with Crippen LogP contribution >= 0.6 is 0 Å². The van der Waals surface area contributed by atoms with Crippen LogP contribution in [0.15, 0.2) is 23.1 Å². The molecule has 0 spiro atoms.